The van der Waals surface area contributed by atoms with E-state index in [9.17, 15) is 14.4 Å². The first-order valence-corrected chi connectivity index (χ1v) is 11.7. The van der Waals surface area contributed by atoms with Crippen molar-refractivity contribution in [3.8, 4) is 5.69 Å². The van der Waals surface area contributed by atoms with Gasteiger partial charge in [0.15, 0.2) is 5.16 Å². The van der Waals surface area contributed by atoms with Crippen molar-refractivity contribution in [2.75, 3.05) is 12.3 Å². The van der Waals surface area contributed by atoms with Gasteiger partial charge < -0.3 is 5.32 Å². The van der Waals surface area contributed by atoms with Crippen molar-refractivity contribution in [3.05, 3.63) is 64.4 Å². The maximum Gasteiger partial charge on any atom is 0.321 e. The summed E-state index contributed by atoms with van der Waals surface area (Å²) in [5.74, 6) is -0.303. The van der Waals surface area contributed by atoms with E-state index in [4.69, 9.17) is 0 Å². The van der Waals surface area contributed by atoms with Gasteiger partial charge in [-0.15, -0.1) is 0 Å². The van der Waals surface area contributed by atoms with Crippen molar-refractivity contribution in [1.82, 2.24) is 20.2 Å². The summed E-state index contributed by atoms with van der Waals surface area (Å²) < 4.78 is 1.57. The van der Waals surface area contributed by atoms with Gasteiger partial charge in [-0.1, -0.05) is 69.3 Å². The van der Waals surface area contributed by atoms with Crippen LogP contribution >= 0.6 is 11.8 Å². The predicted molar refractivity (Wildman–Crippen MR) is 129 cm³/mol. The molecule has 32 heavy (non-hydrogen) atoms. The van der Waals surface area contributed by atoms with Crippen molar-refractivity contribution in [1.29, 1.82) is 0 Å². The van der Waals surface area contributed by atoms with Crippen LogP contribution in [0.4, 0.5) is 4.79 Å². The number of thioether (sulfide) groups is 1. The zero-order valence-electron chi connectivity index (χ0n) is 18.6. The number of urea groups is 1. The maximum atomic E-state index is 13.4. The molecule has 7 nitrogen and oxygen atoms in total. The molecule has 0 atom stereocenters. The summed E-state index contributed by atoms with van der Waals surface area (Å²) in [4.78, 5) is 42.3. The Morgan fingerprint density at radius 2 is 1.81 bits per heavy atom. The zero-order chi connectivity index (χ0) is 23.1. The van der Waals surface area contributed by atoms with Crippen LogP contribution in [-0.2, 0) is 4.79 Å². The van der Waals surface area contributed by atoms with Crippen LogP contribution in [0.15, 0.2) is 58.5 Å². The highest BCUT2D eigenvalue weighted by molar-refractivity contribution is 7.99. The highest BCUT2D eigenvalue weighted by Gasteiger charge is 2.18. The molecule has 0 unspecified atom stereocenters. The van der Waals surface area contributed by atoms with Crippen LogP contribution in [0.1, 0.15) is 45.1 Å². The average molecular weight is 453 g/mol. The first-order valence-electron chi connectivity index (χ1n) is 10.7. The fourth-order valence-corrected chi connectivity index (χ4v) is 4.12. The molecule has 168 valence electrons. The molecule has 2 aromatic carbocycles. The number of rotatable bonds is 8. The summed E-state index contributed by atoms with van der Waals surface area (Å²) in [6, 6.07) is 14.3. The van der Waals surface area contributed by atoms with Gasteiger partial charge in [-0.2, -0.15) is 0 Å². The SMILES string of the molecule is CCCCNC(=O)NC(=O)CSc1nc2ccccc2c(=O)n1-c1ccccc1C(C)C. The van der Waals surface area contributed by atoms with Crippen molar-refractivity contribution in [3.63, 3.8) is 0 Å². The minimum atomic E-state index is -0.516. The third-order valence-electron chi connectivity index (χ3n) is 4.95. The van der Waals surface area contributed by atoms with E-state index < -0.39 is 11.9 Å². The number of hydrogen-bond donors (Lipinski definition) is 2. The van der Waals surface area contributed by atoms with E-state index in [0.717, 1.165) is 35.9 Å². The van der Waals surface area contributed by atoms with Crippen molar-refractivity contribution < 1.29 is 9.59 Å². The molecule has 0 bridgehead atoms. The summed E-state index contributed by atoms with van der Waals surface area (Å²) in [6.07, 6.45) is 1.80. The van der Waals surface area contributed by atoms with Gasteiger partial charge in [0.05, 0.1) is 22.3 Å². The number of fused-ring (bicyclic) bond motifs is 1. The van der Waals surface area contributed by atoms with Gasteiger partial charge in [-0.3, -0.25) is 19.5 Å². The largest absolute Gasteiger partial charge is 0.338 e. The third-order valence-corrected chi connectivity index (χ3v) is 5.88. The van der Waals surface area contributed by atoms with E-state index in [2.05, 4.69) is 29.5 Å². The summed E-state index contributed by atoms with van der Waals surface area (Å²) in [5.41, 5.74) is 2.12. The predicted octanol–water partition coefficient (Wildman–Crippen LogP) is 4.23. The van der Waals surface area contributed by atoms with E-state index >= 15 is 0 Å². The molecule has 8 heteroatoms. The number of amides is 3. The van der Waals surface area contributed by atoms with Gasteiger partial charge in [0.25, 0.3) is 5.56 Å². The Kier molecular flexibility index (Phi) is 8.05. The molecule has 2 N–H and O–H groups in total. The Bertz CT molecular complexity index is 1170. The standard InChI is InChI=1S/C24H28N4O3S/c1-4-5-14-25-23(31)27-21(29)15-32-24-26-19-12-8-6-11-18(19)22(30)28(24)20-13-9-7-10-17(20)16(2)3/h6-13,16H,4-5,14-15H2,1-3H3,(H2,25,27,29,31). The minimum absolute atomic E-state index is 0.0458. The molecule has 0 aliphatic heterocycles. The van der Waals surface area contributed by atoms with Crippen LogP contribution in [-0.4, -0.2) is 33.8 Å². The van der Waals surface area contributed by atoms with Crippen molar-refractivity contribution in [2.24, 2.45) is 0 Å². The third kappa shape index (κ3) is 5.56. The molecular weight excluding hydrogens is 424 g/mol. The Labute approximate surface area is 191 Å². The number of para-hydroxylation sites is 2. The molecule has 3 aromatic rings. The monoisotopic (exact) mass is 452 g/mol. The number of benzene rings is 2. The van der Waals surface area contributed by atoms with Crippen LogP contribution in [0, 0.1) is 0 Å². The van der Waals surface area contributed by atoms with E-state index in [1.54, 1.807) is 16.7 Å². The zero-order valence-corrected chi connectivity index (χ0v) is 19.4. The summed E-state index contributed by atoms with van der Waals surface area (Å²) in [7, 11) is 0. The number of nitrogens with zero attached hydrogens (tertiary/aromatic N) is 2. The second-order valence-corrected chi connectivity index (χ2v) is 8.65. The van der Waals surface area contributed by atoms with Crippen molar-refractivity contribution in [2.45, 2.75) is 44.7 Å². The minimum Gasteiger partial charge on any atom is -0.338 e. The highest BCUT2D eigenvalue weighted by atomic mass is 32.2. The number of carbonyl (C=O) groups excluding carboxylic acids is 2. The fraction of sp³-hybridized carbons (Fsp3) is 0.333. The number of imide groups is 1. The molecule has 0 saturated carbocycles. The van der Waals surface area contributed by atoms with Crippen LogP contribution in [0.25, 0.3) is 16.6 Å². The molecule has 0 aliphatic rings. The molecule has 1 heterocycles. The van der Waals surface area contributed by atoms with Crippen LogP contribution < -0.4 is 16.2 Å². The van der Waals surface area contributed by atoms with Gasteiger partial charge in [0, 0.05) is 6.54 Å². The number of carbonyl (C=O) groups is 2. The lowest BCUT2D eigenvalue weighted by Crippen LogP contribution is -2.40. The first kappa shape index (κ1) is 23.5. The summed E-state index contributed by atoms with van der Waals surface area (Å²) >= 11 is 1.13. The fourth-order valence-electron chi connectivity index (χ4n) is 3.32. The molecule has 3 amide bonds. The number of unbranched alkanes of at least 4 members (excludes halogenated alkanes) is 1. The molecule has 0 fully saturated rings. The van der Waals surface area contributed by atoms with Crippen LogP contribution in [0.3, 0.4) is 0 Å². The number of nitrogens with one attached hydrogen (secondary N) is 2. The molecular formula is C24H28N4O3S. The summed E-state index contributed by atoms with van der Waals surface area (Å²) in [6.45, 7) is 6.67. The smallest absolute Gasteiger partial charge is 0.321 e. The van der Waals surface area contributed by atoms with Gasteiger partial charge in [-0.05, 0) is 36.1 Å². The molecule has 0 spiro atoms. The van der Waals surface area contributed by atoms with Gasteiger partial charge in [0.1, 0.15) is 0 Å². The van der Waals surface area contributed by atoms with Gasteiger partial charge >= 0.3 is 6.03 Å². The lowest BCUT2D eigenvalue weighted by atomic mass is 10.0. The quantitative estimate of drug-likeness (QED) is 0.303. The molecule has 0 saturated heterocycles. The van der Waals surface area contributed by atoms with Crippen LogP contribution in [0.5, 0.6) is 0 Å². The van der Waals surface area contributed by atoms with E-state index in [1.165, 1.54) is 0 Å². The van der Waals surface area contributed by atoms with Gasteiger partial charge in [0.2, 0.25) is 5.91 Å². The summed E-state index contributed by atoms with van der Waals surface area (Å²) in [5, 5.41) is 5.89. The topological polar surface area (TPSA) is 93.1 Å². The maximum absolute atomic E-state index is 13.4. The molecule has 3 rings (SSSR count). The molecule has 0 radical (unpaired) electrons. The lowest BCUT2D eigenvalue weighted by molar-refractivity contribution is -0.117. The second kappa shape index (κ2) is 10.9. The molecule has 1 aromatic heterocycles. The Balaban J connectivity index is 1.93. The number of aromatic nitrogens is 2. The average Bonchev–Trinajstić information content (AvgIpc) is 2.78. The lowest BCUT2D eigenvalue weighted by Gasteiger charge is -2.18. The second-order valence-electron chi connectivity index (χ2n) is 7.71. The van der Waals surface area contributed by atoms with Crippen molar-refractivity contribution >= 4 is 34.6 Å². The van der Waals surface area contributed by atoms with Crippen LogP contribution in [0.2, 0.25) is 0 Å². The number of hydrogen-bond acceptors (Lipinski definition) is 5. The van der Waals surface area contributed by atoms with Gasteiger partial charge in [-0.25, -0.2) is 9.78 Å². The first-order chi connectivity index (χ1) is 15.4. The highest BCUT2D eigenvalue weighted by Crippen LogP contribution is 2.27. The molecule has 0 aliphatic carbocycles. The Morgan fingerprint density at radius 1 is 1.09 bits per heavy atom. The van der Waals surface area contributed by atoms with E-state index in [1.807, 2.05) is 43.3 Å². The van der Waals surface area contributed by atoms with E-state index in [-0.39, 0.29) is 17.2 Å². The Hall–Kier alpha value is -3.13. The normalized spacial score (nSPS) is 11.0. The Morgan fingerprint density at radius 3 is 2.56 bits per heavy atom. The van der Waals surface area contributed by atoms with E-state index in [0.29, 0.717) is 22.6 Å².